The molecule has 23 heavy (non-hydrogen) atoms. The average Bonchev–Trinajstić information content (AvgIpc) is 2.85. The van der Waals surface area contributed by atoms with Gasteiger partial charge in [-0.15, -0.1) is 0 Å². The van der Waals surface area contributed by atoms with Gasteiger partial charge >= 0.3 is 0 Å². The first-order valence-corrected chi connectivity index (χ1v) is 9.25. The summed E-state index contributed by atoms with van der Waals surface area (Å²) in [4.78, 5) is 25.8. The third-order valence-electron chi connectivity index (χ3n) is 3.63. The van der Waals surface area contributed by atoms with Crippen molar-refractivity contribution < 1.29 is 18.0 Å². The minimum absolute atomic E-state index is 0.0803. The predicted octanol–water partition coefficient (Wildman–Crippen LogP) is 0.0133. The maximum Gasteiger partial charge on any atom is 0.227 e. The zero-order valence-electron chi connectivity index (χ0n) is 13.2. The first-order valence-electron chi connectivity index (χ1n) is 7.35. The SMILES string of the molecule is Cc1ccc(N2C[C@H](C(=O)NCCNS(C)(=O)=O)CC2=O)cc1. The first kappa shape index (κ1) is 17.4. The van der Waals surface area contributed by atoms with Gasteiger partial charge in [-0.25, -0.2) is 13.1 Å². The van der Waals surface area contributed by atoms with Crippen LogP contribution in [0.15, 0.2) is 24.3 Å². The second kappa shape index (κ2) is 7.10. The fourth-order valence-electron chi connectivity index (χ4n) is 2.42. The summed E-state index contributed by atoms with van der Waals surface area (Å²) in [7, 11) is -3.26. The van der Waals surface area contributed by atoms with Crippen molar-refractivity contribution in [3.05, 3.63) is 29.8 Å². The van der Waals surface area contributed by atoms with Gasteiger partial charge in [-0.2, -0.15) is 0 Å². The summed E-state index contributed by atoms with van der Waals surface area (Å²) in [6, 6.07) is 7.58. The number of nitrogens with one attached hydrogen (secondary N) is 2. The Balaban J connectivity index is 1.86. The van der Waals surface area contributed by atoms with E-state index in [4.69, 9.17) is 0 Å². The molecule has 1 fully saturated rings. The number of hydrogen-bond acceptors (Lipinski definition) is 4. The van der Waals surface area contributed by atoms with E-state index in [-0.39, 0.29) is 31.3 Å². The fourth-order valence-corrected chi connectivity index (χ4v) is 2.90. The van der Waals surface area contributed by atoms with Crippen LogP contribution in [-0.2, 0) is 19.6 Å². The molecule has 0 unspecified atom stereocenters. The van der Waals surface area contributed by atoms with Gasteiger partial charge in [0.15, 0.2) is 0 Å². The van der Waals surface area contributed by atoms with Crippen LogP contribution in [0, 0.1) is 12.8 Å². The van der Waals surface area contributed by atoms with Crippen LogP contribution in [0.25, 0.3) is 0 Å². The van der Waals surface area contributed by atoms with E-state index in [0.29, 0.717) is 6.54 Å². The lowest BCUT2D eigenvalue weighted by molar-refractivity contribution is -0.126. The molecule has 1 aromatic carbocycles. The van der Waals surface area contributed by atoms with E-state index in [1.807, 2.05) is 31.2 Å². The third kappa shape index (κ3) is 5.04. The Morgan fingerprint density at radius 3 is 2.52 bits per heavy atom. The second-order valence-electron chi connectivity index (χ2n) is 5.70. The molecule has 1 heterocycles. The summed E-state index contributed by atoms with van der Waals surface area (Å²) in [5.41, 5.74) is 1.89. The molecular formula is C15H21N3O4S. The van der Waals surface area contributed by atoms with Crippen LogP contribution in [0.2, 0.25) is 0 Å². The van der Waals surface area contributed by atoms with Crippen molar-refractivity contribution in [2.45, 2.75) is 13.3 Å². The lowest BCUT2D eigenvalue weighted by Crippen LogP contribution is -2.38. The van der Waals surface area contributed by atoms with Crippen LogP contribution < -0.4 is 14.9 Å². The lowest BCUT2D eigenvalue weighted by atomic mass is 10.1. The number of aryl methyl sites for hydroxylation is 1. The second-order valence-corrected chi connectivity index (χ2v) is 7.53. The molecule has 2 rings (SSSR count). The molecule has 2 N–H and O–H groups in total. The summed E-state index contributed by atoms with van der Waals surface area (Å²) >= 11 is 0. The van der Waals surface area contributed by atoms with Gasteiger partial charge in [0.05, 0.1) is 12.2 Å². The van der Waals surface area contributed by atoms with Crippen molar-refractivity contribution in [2.75, 3.05) is 30.8 Å². The van der Waals surface area contributed by atoms with Crippen LogP contribution in [0.1, 0.15) is 12.0 Å². The van der Waals surface area contributed by atoms with Crippen LogP contribution >= 0.6 is 0 Å². The zero-order valence-corrected chi connectivity index (χ0v) is 14.0. The van der Waals surface area contributed by atoms with E-state index in [1.165, 1.54) is 0 Å². The van der Waals surface area contributed by atoms with E-state index in [1.54, 1.807) is 4.90 Å². The first-order chi connectivity index (χ1) is 10.8. The number of anilines is 1. The van der Waals surface area contributed by atoms with Crippen molar-refractivity contribution in [3.63, 3.8) is 0 Å². The number of hydrogen-bond donors (Lipinski definition) is 2. The Morgan fingerprint density at radius 2 is 1.91 bits per heavy atom. The molecule has 1 saturated heterocycles. The third-order valence-corrected chi connectivity index (χ3v) is 4.36. The Bertz CT molecular complexity index is 685. The van der Waals surface area contributed by atoms with Gasteiger partial charge in [-0.3, -0.25) is 9.59 Å². The average molecular weight is 339 g/mol. The van der Waals surface area contributed by atoms with Crippen molar-refractivity contribution >= 4 is 27.5 Å². The molecule has 2 amide bonds. The van der Waals surface area contributed by atoms with Gasteiger partial charge in [0, 0.05) is 31.7 Å². The number of sulfonamides is 1. The van der Waals surface area contributed by atoms with Gasteiger partial charge < -0.3 is 10.2 Å². The summed E-state index contributed by atoms with van der Waals surface area (Å²) in [5.74, 6) is -0.728. The molecule has 0 aromatic heterocycles. The maximum absolute atomic E-state index is 12.1. The number of rotatable bonds is 6. The minimum Gasteiger partial charge on any atom is -0.354 e. The van der Waals surface area contributed by atoms with Gasteiger partial charge in [0.2, 0.25) is 21.8 Å². The molecule has 7 nitrogen and oxygen atoms in total. The van der Waals surface area contributed by atoms with Crippen LogP contribution in [0.5, 0.6) is 0 Å². The monoisotopic (exact) mass is 339 g/mol. The summed E-state index contributed by atoms with van der Waals surface area (Å²) in [5, 5.41) is 2.65. The standard InChI is InChI=1S/C15H21N3O4S/c1-11-3-5-13(6-4-11)18-10-12(9-14(18)19)15(20)16-7-8-17-23(2,21)22/h3-6,12,17H,7-10H2,1-2H3,(H,16,20)/t12-/m1/s1. The molecule has 1 atom stereocenters. The molecule has 126 valence electrons. The van der Waals surface area contributed by atoms with Crippen LogP contribution in [-0.4, -0.2) is 46.1 Å². The fraction of sp³-hybridized carbons (Fsp3) is 0.467. The topological polar surface area (TPSA) is 95.6 Å². The van der Waals surface area contributed by atoms with E-state index >= 15 is 0 Å². The highest BCUT2D eigenvalue weighted by Crippen LogP contribution is 2.25. The number of carbonyl (C=O) groups is 2. The Labute approximate surface area is 136 Å². The Morgan fingerprint density at radius 1 is 1.26 bits per heavy atom. The molecule has 0 aliphatic carbocycles. The highest BCUT2D eigenvalue weighted by molar-refractivity contribution is 7.88. The van der Waals surface area contributed by atoms with Crippen molar-refractivity contribution in [1.82, 2.24) is 10.0 Å². The summed E-state index contributed by atoms with van der Waals surface area (Å²) < 4.78 is 24.1. The van der Waals surface area contributed by atoms with E-state index < -0.39 is 15.9 Å². The predicted molar refractivity (Wildman–Crippen MR) is 87.5 cm³/mol. The Kier molecular flexibility index (Phi) is 5.38. The van der Waals surface area contributed by atoms with E-state index in [0.717, 1.165) is 17.5 Å². The molecule has 1 aromatic rings. The number of carbonyl (C=O) groups excluding carboxylic acids is 2. The molecule has 8 heteroatoms. The van der Waals surface area contributed by atoms with Crippen molar-refractivity contribution in [3.8, 4) is 0 Å². The molecular weight excluding hydrogens is 318 g/mol. The molecule has 0 radical (unpaired) electrons. The van der Waals surface area contributed by atoms with E-state index in [9.17, 15) is 18.0 Å². The summed E-state index contributed by atoms with van der Waals surface area (Å²) in [6.45, 7) is 2.64. The van der Waals surface area contributed by atoms with Crippen LogP contribution in [0.3, 0.4) is 0 Å². The number of nitrogens with zero attached hydrogens (tertiary/aromatic N) is 1. The van der Waals surface area contributed by atoms with Gasteiger partial charge in [0.1, 0.15) is 0 Å². The Hall–Kier alpha value is -1.93. The van der Waals surface area contributed by atoms with Gasteiger partial charge in [-0.1, -0.05) is 17.7 Å². The normalized spacial score (nSPS) is 18.3. The van der Waals surface area contributed by atoms with Gasteiger partial charge in [-0.05, 0) is 19.1 Å². The number of amides is 2. The lowest BCUT2D eigenvalue weighted by Gasteiger charge is -2.17. The van der Waals surface area contributed by atoms with E-state index in [2.05, 4.69) is 10.0 Å². The maximum atomic E-state index is 12.1. The molecule has 0 bridgehead atoms. The molecule has 1 aliphatic rings. The highest BCUT2D eigenvalue weighted by Gasteiger charge is 2.34. The highest BCUT2D eigenvalue weighted by atomic mass is 32.2. The van der Waals surface area contributed by atoms with Crippen molar-refractivity contribution in [1.29, 1.82) is 0 Å². The summed E-state index contributed by atoms with van der Waals surface area (Å²) in [6.07, 6.45) is 1.23. The zero-order chi connectivity index (χ0) is 17.0. The largest absolute Gasteiger partial charge is 0.354 e. The van der Waals surface area contributed by atoms with Gasteiger partial charge in [0.25, 0.3) is 0 Å². The molecule has 0 spiro atoms. The van der Waals surface area contributed by atoms with Crippen molar-refractivity contribution in [2.24, 2.45) is 5.92 Å². The smallest absolute Gasteiger partial charge is 0.227 e. The molecule has 1 aliphatic heterocycles. The van der Waals surface area contributed by atoms with Crippen LogP contribution in [0.4, 0.5) is 5.69 Å². The quantitative estimate of drug-likeness (QED) is 0.714. The number of benzene rings is 1. The minimum atomic E-state index is -3.26. The molecule has 0 saturated carbocycles.